The summed E-state index contributed by atoms with van der Waals surface area (Å²) in [6.45, 7) is 0. The van der Waals surface area contributed by atoms with Gasteiger partial charge in [0.25, 0.3) is 11.8 Å². The molecule has 1 saturated carbocycles. The lowest BCUT2D eigenvalue weighted by atomic mass is 9.77. The smallest absolute Gasteiger partial charge is 0.253 e. The van der Waals surface area contributed by atoms with Crippen molar-refractivity contribution in [2.75, 3.05) is 7.11 Å². The number of halogens is 1. The van der Waals surface area contributed by atoms with Crippen molar-refractivity contribution in [1.82, 2.24) is 15.5 Å². The molecule has 1 aliphatic rings. The average Bonchev–Trinajstić information content (AvgIpc) is 3.21. The van der Waals surface area contributed by atoms with E-state index < -0.39 is 11.6 Å². The molecule has 1 aromatic heterocycles. The largest absolute Gasteiger partial charge is 0.497 e. The monoisotopic (exact) mass is 414 g/mol. The molecule has 0 bridgehead atoms. The fourth-order valence-electron chi connectivity index (χ4n) is 3.23. The number of nitrogens with two attached hydrogens (primary N) is 1. The zero-order valence-electron chi connectivity index (χ0n) is 16.0. The SMILES string of the molecule is COc1ccc(C(=O)NC(c2ccccc2)c2nc(C3(N)CCC3)no2)cc1.Cl. The quantitative estimate of drug-likeness (QED) is 0.641. The molecule has 0 aliphatic heterocycles. The van der Waals surface area contributed by atoms with E-state index in [0.29, 0.717) is 23.0 Å². The lowest BCUT2D eigenvalue weighted by Crippen LogP contribution is -2.44. The third-order valence-electron chi connectivity index (χ3n) is 5.14. The van der Waals surface area contributed by atoms with E-state index in [0.717, 1.165) is 24.8 Å². The Morgan fingerprint density at radius 1 is 1.17 bits per heavy atom. The van der Waals surface area contributed by atoms with Crippen molar-refractivity contribution in [3.8, 4) is 5.75 Å². The summed E-state index contributed by atoms with van der Waals surface area (Å²) in [6.07, 6.45) is 2.72. The third kappa shape index (κ3) is 4.26. The summed E-state index contributed by atoms with van der Waals surface area (Å²) in [6, 6.07) is 15.9. The molecule has 1 fully saturated rings. The average molecular weight is 415 g/mol. The highest BCUT2D eigenvalue weighted by molar-refractivity contribution is 5.94. The van der Waals surface area contributed by atoms with Gasteiger partial charge in [-0.15, -0.1) is 12.4 Å². The van der Waals surface area contributed by atoms with Crippen LogP contribution < -0.4 is 15.8 Å². The molecular weight excluding hydrogens is 392 g/mol. The zero-order valence-corrected chi connectivity index (χ0v) is 16.8. The number of rotatable bonds is 6. The molecule has 3 N–H and O–H groups in total. The zero-order chi connectivity index (χ0) is 19.6. The second kappa shape index (κ2) is 8.63. The van der Waals surface area contributed by atoms with Crippen molar-refractivity contribution in [2.45, 2.75) is 30.8 Å². The van der Waals surface area contributed by atoms with Crippen molar-refractivity contribution in [1.29, 1.82) is 0 Å². The summed E-state index contributed by atoms with van der Waals surface area (Å²) >= 11 is 0. The highest BCUT2D eigenvalue weighted by atomic mass is 35.5. The van der Waals surface area contributed by atoms with E-state index in [2.05, 4.69) is 15.5 Å². The standard InChI is InChI=1S/C21H22N4O3.ClH/c1-27-16-10-8-15(9-11-16)18(26)23-17(14-6-3-2-4-7-14)19-24-20(25-28-19)21(22)12-5-13-21;/h2-4,6-11,17H,5,12-13,22H2,1H3,(H,23,26);1H. The lowest BCUT2D eigenvalue weighted by molar-refractivity contribution is 0.0936. The second-order valence-corrected chi connectivity index (χ2v) is 7.01. The van der Waals surface area contributed by atoms with Gasteiger partial charge < -0.3 is 20.3 Å². The molecule has 2 aromatic carbocycles. The van der Waals surface area contributed by atoms with Crippen LogP contribution in [0.3, 0.4) is 0 Å². The molecule has 0 radical (unpaired) electrons. The van der Waals surface area contributed by atoms with Gasteiger partial charge in [0, 0.05) is 5.56 Å². The molecule has 1 amide bonds. The van der Waals surface area contributed by atoms with Crippen LogP contribution >= 0.6 is 12.4 Å². The van der Waals surface area contributed by atoms with E-state index in [1.807, 2.05) is 30.3 Å². The summed E-state index contributed by atoms with van der Waals surface area (Å²) in [5, 5.41) is 7.07. The Morgan fingerprint density at radius 3 is 2.45 bits per heavy atom. The topological polar surface area (TPSA) is 103 Å². The van der Waals surface area contributed by atoms with Gasteiger partial charge in [-0.05, 0) is 49.1 Å². The van der Waals surface area contributed by atoms with Crippen molar-refractivity contribution in [2.24, 2.45) is 5.73 Å². The minimum Gasteiger partial charge on any atom is -0.497 e. The van der Waals surface area contributed by atoms with Crippen molar-refractivity contribution in [3.05, 3.63) is 77.4 Å². The van der Waals surface area contributed by atoms with Gasteiger partial charge in [0.2, 0.25) is 0 Å². The molecular formula is C21H23ClN4O3. The number of amides is 1. The number of benzene rings is 2. The number of nitrogens with zero attached hydrogens (tertiary/aromatic N) is 2. The van der Waals surface area contributed by atoms with Crippen LogP contribution in [-0.2, 0) is 5.54 Å². The Hall–Kier alpha value is -2.90. The first-order valence-electron chi connectivity index (χ1n) is 9.22. The van der Waals surface area contributed by atoms with Crippen LogP contribution in [0.25, 0.3) is 0 Å². The first-order valence-corrected chi connectivity index (χ1v) is 9.22. The molecule has 4 rings (SSSR count). The third-order valence-corrected chi connectivity index (χ3v) is 5.14. The number of nitrogens with one attached hydrogen (secondary N) is 1. The van der Waals surface area contributed by atoms with Gasteiger partial charge in [-0.25, -0.2) is 0 Å². The van der Waals surface area contributed by atoms with Crippen LogP contribution in [0.1, 0.15) is 52.9 Å². The van der Waals surface area contributed by atoms with Crippen LogP contribution in [0.15, 0.2) is 59.1 Å². The molecule has 7 nitrogen and oxygen atoms in total. The van der Waals surface area contributed by atoms with Gasteiger partial charge >= 0.3 is 0 Å². The summed E-state index contributed by atoms with van der Waals surface area (Å²) < 4.78 is 10.6. The molecule has 29 heavy (non-hydrogen) atoms. The fraction of sp³-hybridized carbons (Fsp3) is 0.286. The van der Waals surface area contributed by atoms with E-state index in [9.17, 15) is 4.79 Å². The number of methoxy groups -OCH3 is 1. The Kier molecular flexibility index (Phi) is 6.20. The molecule has 3 aromatic rings. The molecule has 1 atom stereocenters. The Labute approximate surface area is 175 Å². The molecule has 1 aliphatic carbocycles. The van der Waals surface area contributed by atoms with Crippen LogP contribution in [0.2, 0.25) is 0 Å². The number of hydrogen-bond donors (Lipinski definition) is 2. The molecule has 152 valence electrons. The first kappa shape index (κ1) is 20.8. The van der Waals surface area contributed by atoms with Crippen LogP contribution in [-0.4, -0.2) is 23.2 Å². The number of ether oxygens (including phenoxy) is 1. The van der Waals surface area contributed by atoms with Gasteiger partial charge in [-0.2, -0.15) is 4.98 Å². The summed E-state index contributed by atoms with van der Waals surface area (Å²) in [7, 11) is 1.58. The highest BCUT2D eigenvalue weighted by Crippen LogP contribution is 2.37. The van der Waals surface area contributed by atoms with Gasteiger partial charge in [0.1, 0.15) is 11.8 Å². The van der Waals surface area contributed by atoms with Crippen LogP contribution in [0.4, 0.5) is 0 Å². The van der Waals surface area contributed by atoms with Crippen molar-refractivity contribution in [3.63, 3.8) is 0 Å². The van der Waals surface area contributed by atoms with E-state index in [1.165, 1.54) is 0 Å². The van der Waals surface area contributed by atoms with Gasteiger partial charge in [-0.3, -0.25) is 4.79 Å². The maximum absolute atomic E-state index is 12.8. The summed E-state index contributed by atoms with van der Waals surface area (Å²) in [5.74, 6) is 1.25. The minimum atomic E-state index is -0.569. The molecule has 1 unspecified atom stereocenters. The maximum Gasteiger partial charge on any atom is 0.253 e. The van der Waals surface area contributed by atoms with Crippen molar-refractivity contribution < 1.29 is 14.1 Å². The van der Waals surface area contributed by atoms with Gasteiger partial charge in [0.15, 0.2) is 5.82 Å². The number of aromatic nitrogens is 2. The fourth-order valence-corrected chi connectivity index (χ4v) is 3.23. The maximum atomic E-state index is 12.8. The van der Waals surface area contributed by atoms with E-state index in [-0.39, 0.29) is 18.3 Å². The highest BCUT2D eigenvalue weighted by Gasteiger charge is 2.39. The predicted octanol–water partition coefficient (Wildman–Crippen LogP) is 3.36. The van der Waals surface area contributed by atoms with Crippen LogP contribution in [0, 0.1) is 0 Å². The number of carbonyl (C=O) groups excluding carboxylic acids is 1. The molecule has 0 spiro atoms. The second-order valence-electron chi connectivity index (χ2n) is 7.01. The van der Waals surface area contributed by atoms with Crippen molar-refractivity contribution >= 4 is 18.3 Å². The van der Waals surface area contributed by atoms with E-state index in [1.54, 1.807) is 31.4 Å². The lowest BCUT2D eigenvalue weighted by Gasteiger charge is -2.34. The summed E-state index contributed by atoms with van der Waals surface area (Å²) in [5.41, 5.74) is 7.14. The molecule has 8 heteroatoms. The van der Waals surface area contributed by atoms with Gasteiger partial charge in [0.05, 0.1) is 12.6 Å². The normalized spacial score (nSPS) is 15.5. The molecule has 1 heterocycles. The Morgan fingerprint density at radius 2 is 1.86 bits per heavy atom. The van der Waals surface area contributed by atoms with Gasteiger partial charge in [-0.1, -0.05) is 35.5 Å². The Balaban J connectivity index is 0.00000240. The number of carbonyl (C=O) groups is 1. The van der Waals surface area contributed by atoms with E-state index >= 15 is 0 Å². The molecule has 0 saturated heterocycles. The van der Waals surface area contributed by atoms with Crippen LogP contribution in [0.5, 0.6) is 5.75 Å². The summed E-state index contributed by atoms with van der Waals surface area (Å²) in [4.78, 5) is 17.3. The first-order chi connectivity index (χ1) is 13.6. The predicted molar refractivity (Wildman–Crippen MR) is 110 cm³/mol. The minimum absolute atomic E-state index is 0. The number of hydrogen-bond acceptors (Lipinski definition) is 6. The van der Waals surface area contributed by atoms with E-state index in [4.69, 9.17) is 15.0 Å². The Bertz CT molecular complexity index is 956.